The molecular weight excluding hydrogens is 262 g/mol. The first kappa shape index (κ1) is 13.8. The molecule has 1 heterocycles. The van der Waals surface area contributed by atoms with Crippen LogP contribution in [-0.4, -0.2) is 11.9 Å². The number of hydrogen-bond acceptors (Lipinski definition) is 1. The summed E-state index contributed by atoms with van der Waals surface area (Å²) < 4.78 is 51.9. The molecule has 2 rings (SSSR count). The predicted octanol–water partition coefficient (Wildman–Crippen LogP) is 3.23. The quantitative estimate of drug-likeness (QED) is 0.825. The summed E-state index contributed by atoms with van der Waals surface area (Å²) in [7, 11) is 0. The van der Waals surface area contributed by atoms with Crippen LogP contribution < -0.4 is 5.32 Å². The number of carbonyl (C=O) groups excluding carboxylic acids is 1. The molecule has 2 atom stereocenters. The van der Waals surface area contributed by atoms with Gasteiger partial charge in [0.2, 0.25) is 5.91 Å². The zero-order chi connectivity index (χ0) is 14.2. The van der Waals surface area contributed by atoms with E-state index in [9.17, 15) is 22.4 Å². The van der Waals surface area contributed by atoms with E-state index in [2.05, 4.69) is 5.32 Å². The number of halogens is 4. The molecule has 1 N–H and O–H groups in total. The van der Waals surface area contributed by atoms with Crippen LogP contribution in [0.3, 0.4) is 0 Å². The highest BCUT2D eigenvalue weighted by Gasteiger charge is 2.40. The van der Waals surface area contributed by atoms with Crippen LogP contribution >= 0.6 is 0 Å². The van der Waals surface area contributed by atoms with Gasteiger partial charge < -0.3 is 5.32 Å². The fourth-order valence-corrected chi connectivity index (χ4v) is 2.52. The van der Waals surface area contributed by atoms with E-state index in [1.54, 1.807) is 6.92 Å². The Labute approximate surface area is 107 Å². The monoisotopic (exact) mass is 275 g/mol. The van der Waals surface area contributed by atoms with Gasteiger partial charge in [0.25, 0.3) is 0 Å². The van der Waals surface area contributed by atoms with Crippen LogP contribution in [0.2, 0.25) is 0 Å². The normalized spacial score (nSPS) is 23.5. The Morgan fingerprint density at radius 2 is 2.05 bits per heavy atom. The van der Waals surface area contributed by atoms with E-state index < -0.39 is 23.5 Å². The van der Waals surface area contributed by atoms with Gasteiger partial charge in [-0.1, -0.05) is 13.0 Å². The van der Waals surface area contributed by atoms with Crippen molar-refractivity contribution < 1.29 is 22.4 Å². The van der Waals surface area contributed by atoms with Crippen molar-refractivity contribution in [3.05, 3.63) is 35.1 Å². The maximum Gasteiger partial charge on any atom is 0.416 e. The fraction of sp³-hybridized carbons (Fsp3) is 0.462. The largest absolute Gasteiger partial charge is 0.416 e. The summed E-state index contributed by atoms with van der Waals surface area (Å²) in [4.78, 5) is 11.4. The fourth-order valence-electron chi connectivity index (χ4n) is 2.52. The van der Waals surface area contributed by atoms with Crippen LogP contribution in [-0.2, 0) is 11.0 Å². The molecule has 0 radical (unpaired) electrons. The lowest BCUT2D eigenvalue weighted by Crippen LogP contribution is -2.28. The molecular formula is C13H13F4NO. The van der Waals surface area contributed by atoms with E-state index >= 15 is 0 Å². The minimum atomic E-state index is -4.62. The van der Waals surface area contributed by atoms with E-state index in [4.69, 9.17) is 0 Å². The zero-order valence-electron chi connectivity index (χ0n) is 10.2. The third-order valence-electron chi connectivity index (χ3n) is 3.40. The number of nitrogens with one attached hydrogen (secondary N) is 1. The van der Waals surface area contributed by atoms with Crippen molar-refractivity contribution in [2.45, 2.75) is 37.9 Å². The van der Waals surface area contributed by atoms with Crippen LogP contribution in [0.5, 0.6) is 0 Å². The van der Waals surface area contributed by atoms with Gasteiger partial charge in [-0.25, -0.2) is 4.39 Å². The van der Waals surface area contributed by atoms with Crippen molar-refractivity contribution in [2.24, 2.45) is 0 Å². The van der Waals surface area contributed by atoms with Gasteiger partial charge in [-0.3, -0.25) is 4.79 Å². The average molecular weight is 275 g/mol. The molecule has 1 aliphatic rings. The molecule has 0 saturated carbocycles. The summed E-state index contributed by atoms with van der Waals surface area (Å²) in [6.07, 6.45) is -4.08. The minimum Gasteiger partial charge on any atom is -0.353 e. The van der Waals surface area contributed by atoms with E-state index in [0.29, 0.717) is 12.5 Å². The SMILES string of the molecule is CCC1NC(=O)CC1c1ccc(F)cc1C(F)(F)F. The van der Waals surface area contributed by atoms with Gasteiger partial charge in [0.15, 0.2) is 0 Å². The van der Waals surface area contributed by atoms with Gasteiger partial charge in [0.1, 0.15) is 5.82 Å². The molecule has 1 aliphatic heterocycles. The Balaban J connectivity index is 2.47. The number of alkyl halides is 3. The van der Waals surface area contributed by atoms with E-state index in [1.807, 2.05) is 0 Å². The molecule has 2 unspecified atom stereocenters. The van der Waals surface area contributed by atoms with Crippen LogP contribution in [0.25, 0.3) is 0 Å². The van der Waals surface area contributed by atoms with E-state index in [0.717, 1.165) is 12.1 Å². The second-order valence-electron chi connectivity index (χ2n) is 4.62. The Morgan fingerprint density at radius 3 is 2.63 bits per heavy atom. The Kier molecular flexibility index (Phi) is 3.52. The number of amides is 1. The van der Waals surface area contributed by atoms with Gasteiger partial charge >= 0.3 is 6.18 Å². The zero-order valence-corrected chi connectivity index (χ0v) is 10.2. The van der Waals surface area contributed by atoms with Crippen LogP contribution in [0.4, 0.5) is 17.6 Å². The van der Waals surface area contributed by atoms with E-state index in [-0.39, 0.29) is 23.9 Å². The minimum absolute atomic E-state index is 0.00716. The predicted molar refractivity (Wildman–Crippen MR) is 61.0 cm³/mol. The summed E-state index contributed by atoms with van der Waals surface area (Å²) in [5.74, 6) is -1.76. The highest BCUT2D eigenvalue weighted by molar-refractivity contribution is 5.80. The number of hydrogen-bond donors (Lipinski definition) is 1. The van der Waals surface area contributed by atoms with Crippen LogP contribution in [0.15, 0.2) is 18.2 Å². The van der Waals surface area contributed by atoms with Crippen molar-refractivity contribution in [1.29, 1.82) is 0 Å². The maximum absolute atomic E-state index is 13.0. The summed E-state index contributed by atoms with van der Waals surface area (Å²) in [5.41, 5.74) is -1.01. The topological polar surface area (TPSA) is 29.1 Å². The molecule has 0 aliphatic carbocycles. The van der Waals surface area contributed by atoms with Crippen molar-refractivity contribution in [2.75, 3.05) is 0 Å². The number of benzene rings is 1. The van der Waals surface area contributed by atoms with Crippen LogP contribution in [0, 0.1) is 5.82 Å². The lowest BCUT2D eigenvalue weighted by molar-refractivity contribution is -0.138. The first-order chi connectivity index (χ1) is 8.82. The molecule has 1 fully saturated rings. The van der Waals surface area contributed by atoms with Gasteiger partial charge in [-0.2, -0.15) is 13.2 Å². The highest BCUT2D eigenvalue weighted by atomic mass is 19.4. The van der Waals surface area contributed by atoms with Gasteiger partial charge in [-0.05, 0) is 24.1 Å². The summed E-state index contributed by atoms with van der Waals surface area (Å²) in [5, 5.41) is 2.65. The third-order valence-corrected chi connectivity index (χ3v) is 3.40. The molecule has 1 aromatic carbocycles. The Morgan fingerprint density at radius 1 is 1.37 bits per heavy atom. The van der Waals surface area contributed by atoms with Crippen molar-refractivity contribution >= 4 is 5.91 Å². The maximum atomic E-state index is 13.0. The van der Waals surface area contributed by atoms with Gasteiger partial charge in [0, 0.05) is 18.4 Å². The lowest BCUT2D eigenvalue weighted by atomic mass is 9.87. The van der Waals surface area contributed by atoms with Crippen molar-refractivity contribution in [3.63, 3.8) is 0 Å². The van der Waals surface area contributed by atoms with Crippen molar-refractivity contribution in [1.82, 2.24) is 5.32 Å². The second-order valence-corrected chi connectivity index (χ2v) is 4.62. The lowest BCUT2D eigenvalue weighted by Gasteiger charge is -2.21. The second kappa shape index (κ2) is 4.83. The summed E-state index contributed by atoms with van der Waals surface area (Å²) >= 11 is 0. The summed E-state index contributed by atoms with van der Waals surface area (Å²) in [6.45, 7) is 1.79. The average Bonchev–Trinajstić information content (AvgIpc) is 2.69. The Bertz CT molecular complexity index is 498. The molecule has 1 aromatic rings. The first-order valence-corrected chi connectivity index (χ1v) is 5.99. The number of rotatable bonds is 2. The molecule has 6 heteroatoms. The number of carbonyl (C=O) groups is 1. The molecule has 0 aromatic heterocycles. The molecule has 19 heavy (non-hydrogen) atoms. The van der Waals surface area contributed by atoms with Gasteiger partial charge in [0.05, 0.1) is 5.56 Å². The molecule has 0 bridgehead atoms. The van der Waals surface area contributed by atoms with E-state index in [1.165, 1.54) is 0 Å². The third kappa shape index (κ3) is 2.72. The molecule has 1 saturated heterocycles. The molecule has 0 spiro atoms. The smallest absolute Gasteiger partial charge is 0.353 e. The standard InChI is InChI=1S/C13H13F4NO/c1-2-11-9(6-12(19)18-11)8-4-3-7(14)5-10(8)13(15,16)17/h3-5,9,11H,2,6H2,1H3,(H,18,19). The molecule has 1 amide bonds. The highest BCUT2D eigenvalue weighted by Crippen LogP contribution is 2.39. The van der Waals surface area contributed by atoms with Crippen LogP contribution in [0.1, 0.15) is 36.8 Å². The summed E-state index contributed by atoms with van der Waals surface area (Å²) in [6, 6.07) is 2.29. The molecule has 2 nitrogen and oxygen atoms in total. The molecule has 104 valence electrons. The van der Waals surface area contributed by atoms with Crippen molar-refractivity contribution in [3.8, 4) is 0 Å². The van der Waals surface area contributed by atoms with Gasteiger partial charge in [-0.15, -0.1) is 0 Å². The Hall–Kier alpha value is -1.59. The first-order valence-electron chi connectivity index (χ1n) is 5.99.